The predicted octanol–water partition coefficient (Wildman–Crippen LogP) is 22.5. The van der Waals surface area contributed by atoms with Crippen molar-refractivity contribution in [3.63, 3.8) is 0 Å². The van der Waals surface area contributed by atoms with Crippen LogP contribution in [0.15, 0.2) is 157 Å². The van der Waals surface area contributed by atoms with Gasteiger partial charge in [-0.15, -0.1) is 0 Å². The molecule has 0 spiro atoms. The van der Waals surface area contributed by atoms with Crippen molar-refractivity contribution in [2.45, 2.75) is 157 Å². The van der Waals surface area contributed by atoms with Crippen molar-refractivity contribution in [2.24, 2.45) is 0 Å². The van der Waals surface area contributed by atoms with E-state index in [0.717, 1.165) is 60.7 Å². The maximum absolute atomic E-state index is 15.8. The van der Waals surface area contributed by atoms with Gasteiger partial charge in [-0.05, 0) is 147 Å². The summed E-state index contributed by atoms with van der Waals surface area (Å²) in [6.45, 7) is 17.3. The molecule has 7 aromatic carbocycles. The number of anilines is 1. The van der Waals surface area contributed by atoms with E-state index >= 15 is 79.0 Å². The van der Waals surface area contributed by atoms with E-state index in [1.54, 1.807) is 86.5 Å². The van der Waals surface area contributed by atoms with Crippen molar-refractivity contribution in [3.8, 4) is 22.9 Å². The normalized spacial score (nSPS) is 14.2. The van der Waals surface area contributed by atoms with Crippen LogP contribution in [0.1, 0.15) is 138 Å². The summed E-state index contributed by atoms with van der Waals surface area (Å²) in [7, 11) is 3.43. The van der Waals surface area contributed by atoms with Crippen LogP contribution in [-0.4, -0.2) is 71.1 Å². The molecule has 11 rings (SSSR count). The van der Waals surface area contributed by atoms with Gasteiger partial charge in [-0.3, -0.25) is 0 Å². The third-order valence-corrected chi connectivity index (χ3v) is 18.6. The number of fused-ring (bicyclic) bond motifs is 4. The SMILES string of the molecule is CN(C)c1cc(-c2nc3cc(C(c4ccc5oc(C(C)(C)C)nc5c4)(C(F)(F)F)C(F)(F)F)ccc3o2)cc(C(C)(C)CCC(C)(C)c2nc3cc(C(c4ccc5oc(-c6ccc(C(c7ccc(C(C)(C)C)cc7)(C(F)(F)F)C(F)(F)F)cc6)nc5c4)(C(F)(F)F)C(F)(F)F)ccc3o2)c1. The van der Waals surface area contributed by atoms with Gasteiger partial charge in [0.2, 0.25) is 39.8 Å². The summed E-state index contributed by atoms with van der Waals surface area (Å²) < 4.78 is 301. The Balaban J connectivity index is 0.880. The summed E-state index contributed by atoms with van der Waals surface area (Å²) in [6, 6.07) is 20.2. The molecule has 0 fully saturated rings. The summed E-state index contributed by atoms with van der Waals surface area (Å²) in [5.41, 5.74) is -25.4. The van der Waals surface area contributed by atoms with Crippen molar-refractivity contribution in [3.05, 3.63) is 196 Å². The number of nitrogens with zero attached hydrogens (tertiary/aromatic N) is 5. The number of halogens is 18. The van der Waals surface area contributed by atoms with Crippen LogP contribution < -0.4 is 4.90 Å². The molecular weight excluding hydrogens is 1350 g/mol. The monoisotopic (exact) mass is 1420 g/mol. The molecule has 0 unspecified atom stereocenters. The lowest BCUT2D eigenvalue weighted by Gasteiger charge is -2.38. The van der Waals surface area contributed by atoms with Gasteiger partial charge < -0.3 is 22.6 Å². The van der Waals surface area contributed by atoms with Gasteiger partial charge in [0, 0.05) is 41.7 Å². The minimum Gasteiger partial charge on any atom is -0.440 e. The summed E-state index contributed by atoms with van der Waals surface area (Å²) in [4.78, 5) is 18.9. The number of hydrogen-bond acceptors (Lipinski definition) is 9. The molecule has 11 aromatic rings. The highest BCUT2D eigenvalue weighted by atomic mass is 19.4. The Kier molecular flexibility index (Phi) is 17.0. The Labute approximate surface area is 559 Å². The first-order chi connectivity index (χ1) is 45.9. The zero-order chi connectivity index (χ0) is 73.7. The van der Waals surface area contributed by atoms with Gasteiger partial charge in [0.1, 0.15) is 22.1 Å². The van der Waals surface area contributed by atoms with Crippen LogP contribution in [0, 0.1) is 0 Å². The van der Waals surface area contributed by atoms with Gasteiger partial charge in [0.05, 0.1) is 0 Å². The fraction of sp³-hybridized carbons (Fsp3) is 0.370. The smallest absolute Gasteiger partial charge is 0.411 e. The average molecular weight is 1420 g/mol. The highest BCUT2D eigenvalue weighted by Gasteiger charge is 2.75. The molecule has 9 nitrogen and oxygen atoms in total. The number of oxazole rings is 4. The molecular formula is C73H63F18N5O4. The number of hydrogen-bond donors (Lipinski definition) is 0. The fourth-order valence-electron chi connectivity index (χ4n) is 12.8. The first-order valence-corrected chi connectivity index (χ1v) is 31.0. The molecule has 530 valence electrons. The molecule has 0 amide bonds. The van der Waals surface area contributed by atoms with Crippen LogP contribution in [0.2, 0.25) is 0 Å². The number of aromatic nitrogens is 4. The number of alkyl halides is 18. The van der Waals surface area contributed by atoms with Crippen LogP contribution in [0.25, 0.3) is 67.3 Å². The summed E-state index contributed by atoms with van der Waals surface area (Å²) in [5, 5.41) is 0. The molecule has 0 atom stereocenters. The van der Waals surface area contributed by atoms with Gasteiger partial charge in [0.25, 0.3) is 0 Å². The van der Waals surface area contributed by atoms with Crippen LogP contribution >= 0.6 is 0 Å². The lowest BCUT2D eigenvalue weighted by atomic mass is 9.72. The van der Waals surface area contributed by atoms with E-state index in [2.05, 4.69) is 19.9 Å². The minimum absolute atomic E-state index is 0.0196. The zero-order valence-corrected chi connectivity index (χ0v) is 55.4. The van der Waals surface area contributed by atoms with Crippen LogP contribution in [-0.2, 0) is 37.9 Å². The van der Waals surface area contributed by atoms with Crippen molar-refractivity contribution < 1.29 is 96.7 Å². The summed E-state index contributed by atoms with van der Waals surface area (Å²) in [5.74, 6) is -0.711. The van der Waals surface area contributed by atoms with Gasteiger partial charge in [-0.1, -0.05) is 130 Å². The van der Waals surface area contributed by atoms with E-state index < -0.39 is 131 Å². The highest BCUT2D eigenvalue weighted by molar-refractivity contribution is 5.82. The van der Waals surface area contributed by atoms with E-state index in [1.165, 1.54) is 0 Å². The quantitative estimate of drug-likeness (QED) is 0.0984. The van der Waals surface area contributed by atoms with Crippen LogP contribution in [0.3, 0.4) is 0 Å². The van der Waals surface area contributed by atoms with Crippen molar-refractivity contribution in [2.75, 3.05) is 19.0 Å². The predicted molar refractivity (Wildman–Crippen MR) is 339 cm³/mol. The number of benzene rings is 7. The van der Waals surface area contributed by atoms with Gasteiger partial charge >= 0.3 is 37.1 Å². The molecule has 4 heterocycles. The van der Waals surface area contributed by atoms with Gasteiger partial charge in [-0.25, -0.2) is 19.9 Å². The standard InChI is InChI=1S/C73H63F18N5O4/c1-61(2,3)40-17-19-42(20-18-40)65(68(74,75)76,69(77,78)79)41-15-13-38(14-16-41)57-92-49-34-43(21-25-53(49)97-57)67(72(86,87)88,73(89,90)91)46-24-28-56-52(37-46)95-60(100-56)64(9,10)30-29-63(7,8)47-31-39(32-48(33-47)96(11)12)58-93-50-35-44(22-26-54(50)98-58)66(70(80,81)82,71(83,84)85)45-23-27-55-51(36-45)94-59(99-55)62(4,5)6/h13-28,31-37H,29-30H2,1-12H3. The molecule has 0 aliphatic rings. The third-order valence-electron chi connectivity index (χ3n) is 18.6. The Morgan fingerprint density at radius 1 is 0.290 bits per heavy atom. The molecule has 0 saturated carbocycles. The highest BCUT2D eigenvalue weighted by Crippen LogP contribution is 2.60. The Bertz CT molecular complexity index is 4850. The molecule has 4 aromatic heterocycles. The zero-order valence-electron chi connectivity index (χ0n) is 55.4. The first-order valence-electron chi connectivity index (χ1n) is 31.0. The second-order valence-electron chi connectivity index (χ2n) is 28.6. The topological polar surface area (TPSA) is 107 Å². The molecule has 100 heavy (non-hydrogen) atoms. The molecule has 0 saturated heterocycles. The van der Waals surface area contributed by atoms with Crippen molar-refractivity contribution in [1.82, 2.24) is 19.9 Å². The molecule has 0 aliphatic heterocycles. The van der Waals surface area contributed by atoms with E-state index in [-0.39, 0.29) is 69.4 Å². The third kappa shape index (κ3) is 12.0. The van der Waals surface area contributed by atoms with E-state index in [9.17, 15) is 0 Å². The van der Waals surface area contributed by atoms with Crippen LogP contribution in [0.4, 0.5) is 84.7 Å². The maximum Gasteiger partial charge on any atom is 0.411 e. The fourth-order valence-corrected chi connectivity index (χ4v) is 12.8. The molecule has 0 aliphatic carbocycles. The molecule has 0 N–H and O–H groups in total. The van der Waals surface area contributed by atoms with E-state index in [1.807, 2.05) is 19.9 Å². The average Bonchev–Trinajstić information content (AvgIpc) is 1.09. The number of rotatable bonds is 14. The van der Waals surface area contributed by atoms with E-state index in [0.29, 0.717) is 77.5 Å². The maximum atomic E-state index is 15.8. The Hall–Kier alpha value is -9.04. The lowest BCUT2D eigenvalue weighted by Crippen LogP contribution is -2.54. The molecule has 0 bridgehead atoms. The Morgan fingerprint density at radius 3 is 0.970 bits per heavy atom. The first kappa shape index (κ1) is 72.2. The summed E-state index contributed by atoms with van der Waals surface area (Å²) >= 11 is 0. The molecule has 0 radical (unpaired) electrons. The lowest BCUT2D eigenvalue weighted by molar-refractivity contribution is -0.290. The largest absolute Gasteiger partial charge is 0.440 e. The second kappa shape index (κ2) is 23.5. The second-order valence-corrected chi connectivity index (χ2v) is 28.6. The van der Waals surface area contributed by atoms with Gasteiger partial charge in [-0.2, -0.15) is 79.0 Å². The molecule has 27 heteroatoms. The van der Waals surface area contributed by atoms with Crippen LogP contribution in [0.5, 0.6) is 0 Å². The van der Waals surface area contributed by atoms with Gasteiger partial charge in [0.15, 0.2) is 22.3 Å². The van der Waals surface area contributed by atoms with Crippen molar-refractivity contribution >= 4 is 50.1 Å². The summed E-state index contributed by atoms with van der Waals surface area (Å²) in [6.07, 6.45) is -35.7. The minimum atomic E-state index is -6.15. The Morgan fingerprint density at radius 2 is 0.600 bits per heavy atom. The van der Waals surface area contributed by atoms with Crippen molar-refractivity contribution in [1.29, 1.82) is 0 Å². The van der Waals surface area contributed by atoms with E-state index in [4.69, 9.17) is 17.7 Å².